The lowest BCUT2D eigenvalue weighted by Gasteiger charge is -2.40. The molecule has 0 spiro atoms. The van der Waals surface area contributed by atoms with Gasteiger partial charge in [-0.3, -0.25) is 4.79 Å². The number of likely N-dealkylation sites (tertiary alicyclic amines) is 1. The molecule has 2 heterocycles. The minimum absolute atomic E-state index is 0.158. The molecular weight excluding hydrogens is 266 g/mol. The minimum Gasteiger partial charge on any atom is -0.481 e. The molecule has 1 N–H and O–H groups in total. The number of hydrogen-bond donors (Lipinski definition) is 1. The highest BCUT2D eigenvalue weighted by molar-refractivity contribution is 5.84. The van der Waals surface area contributed by atoms with Crippen LogP contribution in [0.2, 0.25) is 0 Å². The molecule has 3 atom stereocenters. The van der Waals surface area contributed by atoms with Gasteiger partial charge in [-0.2, -0.15) is 0 Å². The highest BCUT2D eigenvalue weighted by Gasteiger charge is 2.31. The van der Waals surface area contributed by atoms with Gasteiger partial charge in [-0.05, 0) is 46.1 Å². The fourth-order valence-corrected chi connectivity index (χ4v) is 2.98. The van der Waals surface area contributed by atoms with E-state index >= 15 is 0 Å². The number of ether oxygens (including phenoxy) is 1. The maximum atomic E-state index is 12.7. The zero-order valence-corrected chi connectivity index (χ0v) is 13.3. The average Bonchev–Trinajstić information content (AvgIpc) is 2.47. The number of piperidine rings is 1. The number of nitrogens with zero attached hydrogens (tertiary/aromatic N) is 2. The van der Waals surface area contributed by atoms with Crippen molar-refractivity contribution >= 4 is 11.6 Å². The molecule has 0 bridgehead atoms. The molecule has 116 valence electrons. The molecule has 0 saturated carbocycles. The number of carbonyl (C=O) groups excluding carboxylic acids is 1. The number of nitrogens with one attached hydrogen (secondary N) is 1. The van der Waals surface area contributed by atoms with E-state index in [4.69, 9.17) is 4.74 Å². The highest BCUT2D eigenvalue weighted by atomic mass is 16.5. The topological polar surface area (TPSA) is 54.5 Å². The fraction of sp³-hybridized carbons (Fsp3) is 0.625. The van der Waals surface area contributed by atoms with Crippen LogP contribution in [0.25, 0.3) is 0 Å². The smallest absolute Gasteiger partial charge is 0.245 e. The van der Waals surface area contributed by atoms with Gasteiger partial charge in [0.1, 0.15) is 6.04 Å². The number of pyridine rings is 1. The molecule has 1 fully saturated rings. The zero-order chi connectivity index (χ0) is 15.4. The third-order valence-corrected chi connectivity index (χ3v) is 4.15. The van der Waals surface area contributed by atoms with Crippen molar-refractivity contribution in [1.29, 1.82) is 0 Å². The standard InChI is InChI=1S/C16H25N3O2/c1-11-6-5-7-12(2)19(11)16(20)13(3)18-14-8-9-15(21-4)17-10-14/h8-13,18H,5-7H2,1-4H3/t11-,12-,13-/m1/s1. The average molecular weight is 291 g/mol. The monoisotopic (exact) mass is 291 g/mol. The van der Waals surface area contributed by atoms with E-state index in [0.29, 0.717) is 18.0 Å². The van der Waals surface area contributed by atoms with E-state index in [1.165, 1.54) is 6.42 Å². The zero-order valence-electron chi connectivity index (χ0n) is 13.3. The maximum Gasteiger partial charge on any atom is 0.245 e. The normalized spacial score (nSPS) is 23.5. The quantitative estimate of drug-likeness (QED) is 0.926. The molecule has 0 aliphatic carbocycles. The van der Waals surface area contributed by atoms with E-state index in [1.54, 1.807) is 19.4 Å². The summed E-state index contributed by atoms with van der Waals surface area (Å²) in [5.74, 6) is 0.725. The van der Waals surface area contributed by atoms with Gasteiger partial charge in [0, 0.05) is 18.2 Å². The van der Waals surface area contributed by atoms with Gasteiger partial charge in [0.2, 0.25) is 11.8 Å². The van der Waals surface area contributed by atoms with Crippen LogP contribution >= 0.6 is 0 Å². The summed E-state index contributed by atoms with van der Waals surface area (Å²) in [6.07, 6.45) is 5.07. The summed E-state index contributed by atoms with van der Waals surface area (Å²) in [5.41, 5.74) is 0.828. The molecule has 1 aromatic heterocycles. The predicted octanol–water partition coefficient (Wildman–Crippen LogP) is 2.68. The van der Waals surface area contributed by atoms with Gasteiger partial charge in [0.25, 0.3) is 0 Å². The Balaban J connectivity index is 2.01. The molecule has 2 rings (SSSR count). The van der Waals surface area contributed by atoms with E-state index in [2.05, 4.69) is 24.1 Å². The molecular formula is C16H25N3O2. The molecule has 5 heteroatoms. The van der Waals surface area contributed by atoms with Crippen LogP contribution in [0.5, 0.6) is 5.88 Å². The first-order valence-electron chi connectivity index (χ1n) is 7.61. The van der Waals surface area contributed by atoms with Crippen molar-refractivity contribution in [1.82, 2.24) is 9.88 Å². The summed E-state index contributed by atoms with van der Waals surface area (Å²) in [6.45, 7) is 6.17. The summed E-state index contributed by atoms with van der Waals surface area (Å²) < 4.78 is 5.03. The van der Waals surface area contributed by atoms with E-state index in [1.807, 2.05) is 17.9 Å². The number of aromatic nitrogens is 1. The van der Waals surface area contributed by atoms with Gasteiger partial charge >= 0.3 is 0 Å². The lowest BCUT2D eigenvalue weighted by atomic mass is 9.96. The van der Waals surface area contributed by atoms with Crippen molar-refractivity contribution in [3.63, 3.8) is 0 Å². The van der Waals surface area contributed by atoms with E-state index in [9.17, 15) is 4.79 Å². The summed E-state index contributed by atoms with van der Waals surface area (Å²) in [4.78, 5) is 18.8. The molecule has 1 aliphatic rings. The number of methoxy groups -OCH3 is 1. The van der Waals surface area contributed by atoms with Crippen LogP contribution in [0.15, 0.2) is 18.3 Å². The molecule has 0 radical (unpaired) electrons. The second-order valence-corrected chi connectivity index (χ2v) is 5.83. The number of amides is 1. The van der Waals surface area contributed by atoms with Gasteiger partial charge < -0.3 is 15.0 Å². The van der Waals surface area contributed by atoms with Crippen LogP contribution in [0.1, 0.15) is 40.0 Å². The van der Waals surface area contributed by atoms with Crippen LogP contribution in [0.4, 0.5) is 5.69 Å². The molecule has 0 unspecified atom stereocenters. The van der Waals surface area contributed by atoms with Gasteiger partial charge in [-0.15, -0.1) is 0 Å². The molecule has 1 amide bonds. The fourth-order valence-electron chi connectivity index (χ4n) is 2.98. The van der Waals surface area contributed by atoms with E-state index in [0.717, 1.165) is 18.5 Å². The third-order valence-electron chi connectivity index (χ3n) is 4.15. The Morgan fingerprint density at radius 2 is 2.05 bits per heavy atom. The first kappa shape index (κ1) is 15.6. The predicted molar refractivity (Wildman–Crippen MR) is 83.5 cm³/mol. The van der Waals surface area contributed by atoms with Gasteiger partial charge in [0.15, 0.2) is 0 Å². The molecule has 1 saturated heterocycles. The number of anilines is 1. The summed E-state index contributed by atoms with van der Waals surface area (Å²) in [7, 11) is 1.58. The first-order valence-corrected chi connectivity index (χ1v) is 7.61. The number of hydrogen-bond acceptors (Lipinski definition) is 4. The Labute approximate surface area is 126 Å². The maximum absolute atomic E-state index is 12.7. The molecule has 21 heavy (non-hydrogen) atoms. The van der Waals surface area contributed by atoms with Gasteiger partial charge in [0.05, 0.1) is 19.0 Å². The van der Waals surface area contributed by atoms with Crippen LogP contribution in [0, 0.1) is 0 Å². The first-order chi connectivity index (χ1) is 10.0. The largest absolute Gasteiger partial charge is 0.481 e. The van der Waals surface area contributed by atoms with Crippen molar-refractivity contribution in [2.24, 2.45) is 0 Å². The summed E-state index contributed by atoms with van der Waals surface area (Å²) >= 11 is 0. The van der Waals surface area contributed by atoms with Crippen LogP contribution in [-0.4, -0.2) is 41.0 Å². The number of carbonyl (C=O) groups is 1. The Kier molecular flexibility index (Phi) is 5.04. The van der Waals surface area contributed by atoms with Crippen molar-refractivity contribution in [3.05, 3.63) is 18.3 Å². The van der Waals surface area contributed by atoms with Crippen molar-refractivity contribution in [2.75, 3.05) is 12.4 Å². The lowest BCUT2D eigenvalue weighted by molar-refractivity contribution is -0.137. The summed E-state index contributed by atoms with van der Waals surface area (Å²) in [6, 6.07) is 4.03. The van der Waals surface area contributed by atoms with E-state index < -0.39 is 0 Å². The second kappa shape index (κ2) is 6.78. The van der Waals surface area contributed by atoms with Crippen LogP contribution < -0.4 is 10.1 Å². The molecule has 1 aliphatic heterocycles. The molecule has 0 aromatic carbocycles. The van der Waals surface area contributed by atoms with Crippen molar-refractivity contribution in [3.8, 4) is 5.88 Å². The van der Waals surface area contributed by atoms with E-state index in [-0.39, 0.29) is 11.9 Å². The second-order valence-electron chi connectivity index (χ2n) is 5.83. The summed E-state index contributed by atoms with van der Waals surface area (Å²) in [5, 5.41) is 3.22. The minimum atomic E-state index is -0.261. The third kappa shape index (κ3) is 3.65. The Morgan fingerprint density at radius 1 is 1.38 bits per heavy atom. The number of rotatable bonds is 4. The molecule has 5 nitrogen and oxygen atoms in total. The molecule has 1 aromatic rings. The Bertz CT molecular complexity index is 465. The lowest BCUT2D eigenvalue weighted by Crippen LogP contribution is -2.52. The van der Waals surface area contributed by atoms with Crippen LogP contribution in [0.3, 0.4) is 0 Å². The highest BCUT2D eigenvalue weighted by Crippen LogP contribution is 2.24. The van der Waals surface area contributed by atoms with Crippen LogP contribution in [-0.2, 0) is 4.79 Å². The van der Waals surface area contributed by atoms with Gasteiger partial charge in [-0.1, -0.05) is 0 Å². The van der Waals surface area contributed by atoms with Crippen molar-refractivity contribution < 1.29 is 9.53 Å². The Morgan fingerprint density at radius 3 is 2.57 bits per heavy atom. The van der Waals surface area contributed by atoms with Crippen molar-refractivity contribution in [2.45, 2.75) is 58.2 Å². The SMILES string of the molecule is COc1ccc(N[C@H](C)C(=O)N2[C@H](C)CCC[C@H]2C)cn1. The Hall–Kier alpha value is -1.78. The van der Waals surface area contributed by atoms with Gasteiger partial charge in [-0.25, -0.2) is 4.98 Å².